The van der Waals surface area contributed by atoms with Crippen molar-refractivity contribution in [1.82, 2.24) is 0 Å². The number of esters is 1. The monoisotopic (exact) mass is 284 g/mol. The molecule has 0 amide bonds. The van der Waals surface area contributed by atoms with E-state index in [0.29, 0.717) is 5.92 Å². The highest BCUT2D eigenvalue weighted by Gasteiger charge is 2.62. The van der Waals surface area contributed by atoms with Crippen LogP contribution in [0.25, 0.3) is 6.08 Å². The summed E-state index contributed by atoms with van der Waals surface area (Å²) in [6.45, 7) is 6.95. The molecular formula is C19H24O2. The highest BCUT2D eigenvalue weighted by molar-refractivity contribution is 5.87. The zero-order chi connectivity index (χ0) is 15.1. The highest BCUT2D eigenvalue weighted by atomic mass is 16.5. The first-order chi connectivity index (χ1) is 9.93. The van der Waals surface area contributed by atoms with E-state index >= 15 is 0 Å². The molecule has 3 atom stereocenters. The maximum absolute atomic E-state index is 12.1. The third-order valence-corrected chi connectivity index (χ3v) is 6.18. The lowest BCUT2D eigenvalue weighted by Gasteiger charge is -2.38. The Bertz CT molecular complexity index is 558. The molecule has 0 heterocycles. The normalized spacial score (nSPS) is 33.5. The molecule has 2 nitrogen and oxygen atoms in total. The summed E-state index contributed by atoms with van der Waals surface area (Å²) in [6.07, 6.45) is 6.91. The second kappa shape index (κ2) is 5.01. The predicted octanol–water partition coefficient (Wildman–Crippen LogP) is 4.46. The summed E-state index contributed by atoms with van der Waals surface area (Å²) in [5, 5.41) is 0. The molecule has 0 aliphatic heterocycles. The zero-order valence-electron chi connectivity index (χ0n) is 13.1. The van der Waals surface area contributed by atoms with E-state index in [1.54, 1.807) is 6.08 Å². The van der Waals surface area contributed by atoms with Crippen molar-refractivity contribution in [1.29, 1.82) is 0 Å². The second-order valence-corrected chi connectivity index (χ2v) is 7.28. The van der Waals surface area contributed by atoms with E-state index in [9.17, 15) is 4.79 Å². The van der Waals surface area contributed by atoms with E-state index in [1.165, 1.54) is 12.8 Å². The lowest BCUT2D eigenvalue weighted by molar-refractivity contribution is -0.150. The van der Waals surface area contributed by atoms with Crippen LogP contribution in [0.15, 0.2) is 36.4 Å². The van der Waals surface area contributed by atoms with Gasteiger partial charge in [-0.05, 0) is 42.2 Å². The van der Waals surface area contributed by atoms with Crippen molar-refractivity contribution < 1.29 is 9.53 Å². The van der Waals surface area contributed by atoms with Gasteiger partial charge in [0.05, 0.1) is 0 Å². The molecule has 1 aromatic carbocycles. The molecule has 112 valence electrons. The summed E-state index contributed by atoms with van der Waals surface area (Å²) in [5.74, 6) is 0.479. The average Bonchev–Trinajstić information content (AvgIpc) is 2.79. The molecule has 1 aromatic rings. The Labute approximate surface area is 127 Å². The summed E-state index contributed by atoms with van der Waals surface area (Å²) in [6, 6.07) is 9.85. The van der Waals surface area contributed by atoms with Crippen LogP contribution in [0.3, 0.4) is 0 Å². The predicted molar refractivity (Wildman–Crippen MR) is 84.6 cm³/mol. The van der Waals surface area contributed by atoms with Gasteiger partial charge in [0.25, 0.3) is 0 Å². The Morgan fingerprint density at radius 2 is 1.95 bits per heavy atom. The summed E-state index contributed by atoms with van der Waals surface area (Å²) in [7, 11) is 0. The highest BCUT2D eigenvalue weighted by Crippen LogP contribution is 2.66. The van der Waals surface area contributed by atoms with Crippen LogP contribution in [0.4, 0.5) is 0 Å². The number of ether oxygens (including phenoxy) is 1. The van der Waals surface area contributed by atoms with E-state index in [1.807, 2.05) is 36.4 Å². The molecule has 0 aromatic heterocycles. The fourth-order valence-electron chi connectivity index (χ4n) is 4.22. The first-order valence-electron chi connectivity index (χ1n) is 7.87. The Hall–Kier alpha value is -1.57. The van der Waals surface area contributed by atoms with Crippen LogP contribution in [0, 0.1) is 16.7 Å². The number of rotatable bonds is 3. The maximum Gasteiger partial charge on any atom is 0.331 e. The Kier molecular flexibility index (Phi) is 3.43. The number of hydrogen-bond acceptors (Lipinski definition) is 2. The van der Waals surface area contributed by atoms with Crippen LogP contribution < -0.4 is 0 Å². The maximum atomic E-state index is 12.1. The molecule has 3 rings (SSSR count). The minimum absolute atomic E-state index is 0.0687. The number of carbonyl (C=O) groups excluding carboxylic acids is 1. The Morgan fingerprint density at radius 3 is 2.52 bits per heavy atom. The van der Waals surface area contributed by atoms with Crippen LogP contribution in [-0.4, -0.2) is 12.1 Å². The first kappa shape index (κ1) is 14.4. The fraction of sp³-hybridized carbons (Fsp3) is 0.526. The molecule has 2 bridgehead atoms. The van der Waals surface area contributed by atoms with Crippen molar-refractivity contribution in [2.24, 2.45) is 16.7 Å². The minimum atomic E-state index is -0.214. The van der Waals surface area contributed by atoms with Crippen molar-refractivity contribution in [3.05, 3.63) is 42.0 Å². The van der Waals surface area contributed by atoms with Crippen LogP contribution in [0.1, 0.15) is 45.6 Å². The van der Waals surface area contributed by atoms with Gasteiger partial charge in [-0.3, -0.25) is 0 Å². The third-order valence-electron chi connectivity index (χ3n) is 6.18. The molecule has 2 aliphatic rings. The van der Waals surface area contributed by atoms with Crippen molar-refractivity contribution in [2.45, 2.75) is 46.1 Å². The lowest BCUT2D eigenvalue weighted by atomic mass is 9.70. The smallest absolute Gasteiger partial charge is 0.331 e. The molecule has 2 aliphatic carbocycles. The Morgan fingerprint density at radius 1 is 1.24 bits per heavy atom. The van der Waals surface area contributed by atoms with Gasteiger partial charge in [-0.15, -0.1) is 0 Å². The van der Waals surface area contributed by atoms with Gasteiger partial charge in [-0.25, -0.2) is 4.79 Å². The van der Waals surface area contributed by atoms with Gasteiger partial charge in [0.1, 0.15) is 6.10 Å². The van der Waals surface area contributed by atoms with Gasteiger partial charge in [-0.1, -0.05) is 51.1 Å². The van der Waals surface area contributed by atoms with Gasteiger partial charge in [0, 0.05) is 11.5 Å². The fourth-order valence-corrected chi connectivity index (χ4v) is 4.22. The molecular weight excluding hydrogens is 260 g/mol. The Balaban J connectivity index is 1.66. The SMILES string of the molecule is CC1(C)[C@H]2CC[C@@]1(C)[C@H](OC(=O)/C=C\c1ccccc1)C2. The zero-order valence-corrected chi connectivity index (χ0v) is 13.1. The van der Waals surface area contributed by atoms with Crippen molar-refractivity contribution in [3.8, 4) is 0 Å². The number of carbonyl (C=O) groups is 1. The second-order valence-electron chi connectivity index (χ2n) is 7.28. The van der Waals surface area contributed by atoms with Gasteiger partial charge >= 0.3 is 5.97 Å². The quantitative estimate of drug-likeness (QED) is 0.605. The van der Waals surface area contributed by atoms with E-state index < -0.39 is 0 Å². The summed E-state index contributed by atoms with van der Waals surface area (Å²) < 4.78 is 5.78. The van der Waals surface area contributed by atoms with E-state index in [0.717, 1.165) is 12.0 Å². The standard InChI is InChI=1S/C19H24O2/c1-18(2)15-11-12-19(18,3)16(13-15)21-17(20)10-9-14-7-5-4-6-8-14/h4-10,15-16H,11-13H2,1-3H3/b10-9-/t15-,16+,19-/m0/s1. The van der Waals surface area contributed by atoms with E-state index in [-0.39, 0.29) is 22.9 Å². The molecule has 0 N–H and O–H groups in total. The molecule has 21 heavy (non-hydrogen) atoms. The first-order valence-corrected chi connectivity index (χ1v) is 7.87. The van der Waals surface area contributed by atoms with Crippen LogP contribution in [-0.2, 0) is 9.53 Å². The van der Waals surface area contributed by atoms with Crippen LogP contribution in [0.5, 0.6) is 0 Å². The number of fused-ring (bicyclic) bond motifs is 2. The lowest BCUT2D eigenvalue weighted by Crippen LogP contribution is -2.38. The van der Waals surface area contributed by atoms with Crippen LogP contribution >= 0.6 is 0 Å². The molecule has 0 spiro atoms. The van der Waals surface area contributed by atoms with Gasteiger partial charge in [-0.2, -0.15) is 0 Å². The summed E-state index contributed by atoms with van der Waals surface area (Å²) >= 11 is 0. The van der Waals surface area contributed by atoms with Gasteiger partial charge in [0.2, 0.25) is 0 Å². The topological polar surface area (TPSA) is 26.3 Å². The molecule has 0 saturated heterocycles. The average molecular weight is 284 g/mol. The van der Waals surface area contributed by atoms with Crippen molar-refractivity contribution >= 4 is 12.0 Å². The third kappa shape index (κ3) is 2.31. The summed E-state index contributed by atoms with van der Waals surface area (Å²) in [5.41, 5.74) is 1.43. The largest absolute Gasteiger partial charge is 0.459 e. The number of hydrogen-bond donors (Lipinski definition) is 0. The molecule has 2 heteroatoms. The van der Waals surface area contributed by atoms with Gasteiger partial charge < -0.3 is 4.74 Å². The van der Waals surface area contributed by atoms with Crippen LogP contribution in [0.2, 0.25) is 0 Å². The van der Waals surface area contributed by atoms with E-state index in [2.05, 4.69) is 20.8 Å². The molecule has 0 radical (unpaired) electrons. The summed E-state index contributed by atoms with van der Waals surface area (Å²) in [4.78, 5) is 12.1. The molecule has 2 saturated carbocycles. The van der Waals surface area contributed by atoms with Crippen molar-refractivity contribution in [3.63, 3.8) is 0 Å². The van der Waals surface area contributed by atoms with Gasteiger partial charge in [0.15, 0.2) is 0 Å². The molecule has 0 unspecified atom stereocenters. The van der Waals surface area contributed by atoms with Crippen molar-refractivity contribution in [2.75, 3.05) is 0 Å². The molecule has 2 fully saturated rings. The minimum Gasteiger partial charge on any atom is -0.459 e. The van der Waals surface area contributed by atoms with E-state index in [4.69, 9.17) is 4.74 Å². The number of benzene rings is 1.